The van der Waals surface area contributed by atoms with Gasteiger partial charge >= 0.3 is 0 Å². The molecular weight excluding hydrogens is 342 g/mol. The highest BCUT2D eigenvalue weighted by molar-refractivity contribution is 5.09. The van der Waals surface area contributed by atoms with E-state index in [0.29, 0.717) is 5.41 Å². The van der Waals surface area contributed by atoms with Gasteiger partial charge in [-0.2, -0.15) is 0 Å². The Hall–Kier alpha value is -0.0800. The molecule has 4 fully saturated rings. The molecule has 0 aliphatic heterocycles. The van der Waals surface area contributed by atoms with Gasteiger partial charge in [0, 0.05) is 0 Å². The first-order valence-corrected chi connectivity index (χ1v) is 12.7. The standard InChI is InChI=1S/C26H47NO/c1-25-15-13-19(8-6-5-7-17-27(3)4)18-20(25)9-10-21-22-11-12-24(28)26(22,2)16-14-23(21)25/h19-24,28H,5-18H2,1-4H3/t19-,20?,21?,22?,23?,24-,25-,26-/m0/s1. The van der Waals surface area contributed by atoms with Gasteiger partial charge in [-0.3, -0.25) is 0 Å². The molecule has 0 aromatic carbocycles. The lowest BCUT2D eigenvalue weighted by atomic mass is 9.44. The number of fused-ring (bicyclic) bond motifs is 5. The van der Waals surface area contributed by atoms with Gasteiger partial charge in [-0.1, -0.05) is 33.1 Å². The zero-order chi connectivity index (χ0) is 19.9. The van der Waals surface area contributed by atoms with Gasteiger partial charge in [0.1, 0.15) is 0 Å². The number of nitrogens with zero attached hydrogens (tertiary/aromatic N) is 1. The Balaban J connectivity index is 1.33. The van der Waals surface area contributed by atoms with Crippen LogP contribution in [0.15, 0.2) is 0 Å². The van der Waals surface area contributed by atoms with Crippen LogP contribution in [0.5, 0.6) is 0 Å². The van der Waals surface area contributed by atoms with E-state index in [0.717, 1.165) is 36.0 Å². The van der Waals surface area contributed by atoms with E-state index in [1.165, 1.54) is 83.6 Å². The molecule has 28 heavy (non-hydrogen) atoms. The van der Waals surface area contributed by atoms with Crippen LogP contribution in [0, 0.1) is 40.4 Å². The number of hydrogen-bond donors (Lipinski definition) is 1. The smallest absolute Gasteiger partial charge is 0.0596 e. The first-order chi connectivity index (χ1) is 13.3. The minimum atomic E-state index is -0.0211. The summed E-state index contributed by atoms with van der Waals surface area (Å²) in [5.41, 5.74) is 0.854. The third kappa shape index (κ3) is 3.70. The van der Waals surface area contributed by atoms with Crippen molar-refractivity contribution in [3.63, 3.8) is 0 Å². The molecule has 0 aromatic rings. The zero-order valence-corrected chi connectivity index (χ0v) is 19.3. The molecule has 0 saturated heterocycles. The van der Waals surface area contributed by atoms with Crippen molar-refractivity contribution in [3.8, 4) is 0 Å². The predicted molar refractivity (Wildman–Crippen MR) is 118 cm³/mol. The van der Waals surface area contributed by atoms with E-state index in [1.807, 2.05) is 0 Å². The molecule has 8 atom stereocenters. The molecule has 4 aliphatic carbocycles. The zero-order valence-electron chi connectivity index (χ0n) is 19.3. The van der Waals surface area contributed by atoms with E-state index in [4.69, 9.17) is 0 Å². The largest absolute Gasteiger partial charge is 0.393 e. The van der Waals surface area contributed by atoms with Crippen LogP contribution in [0.4, 0.5) is 0 Å². The Morgan fingerprint density at radius 2 is 1.57 bits per heavy atom. The molecule has 0 amide bonds. The van der Waals surface area contributed by atoms with Crippen molar-refractivity contribution in [3.05, 3.63) is 0 Å². The summed E-state index contributed by atoms with van der Waals surface area (Å²) >= 11 is 0. The highest BCUT2D eigenvalue weighted by atomic mass is 16.3. The van der Waals surface area contributed by atoms with Crippen LogP contribution in [-0.2, 0) is 0 Å². The molecule has 4 unspecified atom stereocenters. The van der Waals surface area contributed by atoms with Crippen LogP contribution in [0.2, 0.25) is 0 Å². The summed E-state index contributed by atoms with van der Waals surface area (Å²) < 4.78 is 0. The summed E-state index contributed by atoms with van der Waals surface area (Å²) in [4.78, 5) is 2.32. The number of aliphatic hydroxyl groups is 1. The lowest BCUT2D eigenvalue weighted by Gasteiger charge is -2.61. The molecule has 0 radical (unpaired) electrons. The van der Waals surface area contributed by atoms with Crippen molar-refractivity contribution >= 4 is 0 Å². The molecule has 162 valence electrons. The molecule has 4 rings (SSSR count). The molecule has 0 bridgehead atoms. The topological polar surface area (TPSA) is 23.5 Å². The molecule has 4 aliphatic rings. The maximum absolute atomic E-state index is 10.7. The molecule has 0 aromatic heterocycles. The van der Waals surface area contributed by atoms with Crippen molar-refractivity contribution in [1.82, 2.24) is 4.90 Å². The van der Waals surface area contributed by atoms with E-state index < -0.39 is 0 Å². The van der Waals surface area contributed by atoms with E-state index in [2.05, 4.69) is 32.8 Å². The van der Waals surface area contributed by atoms with Gasteiger partial charge in [0.2, 0.25) is 0 Å². The van der Waals surface area contributed by atoms with Crippen LogP contribution >= 0.6 is 0 Å². The van der Waals surface area contributed by atoms with Crippen LogP contribution in [0.25, 0.3) is 0 Å². The summed E-state index contributed by atoms with van der Waals surface area (Å²) in [5, 5.41) is 10.7. The summed E-state index contributed by atoms with van der Waals surface area (Å²) in [6.45, 7) is 6.37. The predicted octanol–water partition coefficient (Wildman–Crippen LogP) is 6.13. The summed E-state index contributed by atoms with van der Waals surface area (Å²) in [5.74, 6) is 4.69. The number of unbranched alkanes of at least 4 members (excludes halogenated alkanes) is 2. The van der Waals surface area contributed by atoms with Gasteiger partial charge in [-0.15, -0.1) is 0 Å². The van der Waals surface area contributed by atoms with Crippen molar-refractivity contribution < 1.29 is 5.11 Å². The van der Waals surface area contributed by atoms with E-state index >= 15 is 0 Å². The lowest BCUT2D eigenvalue weighted by Crippen LogP contribution is -2.54. The van der Waals surface area contributed by atoms with Gasteiger partial charge < -0.3 is 10.0 Å². The molecule has 2 heteroatoms. The van der Waals surface area contributed by atoms with E-state index in [-0.39, 0.29) is 11.5 Å². The fourth-order valence-electron chi connectivity index (χ4n) is 8.62. The molecule has 0 spiro atoms. The fourth-order valence-corrected chi connectivity index (χ4v) is 8.62. The summed E-state index contributed by atoms with van der Waals surface area (Å²) in [6, 6.07) is 0. The maximum Gasteiger partial charge on any atom is 0.0596 e. The Morgan fingerprint density at radius 3 is 2.36 bits per heavy atom. The Morgan fingerprint density at radius 1 is 0.821 bits per heavy atom. The highest BCUT2D eigenvalue weighted by Gasteiger charge is 2.59. The molecule has 1 N–H and O–H groups in total. The molecule has 4 saturated carbocycles. The number of hydrogen-bond acceptors (Lipinski definition) is 2. The van der Waals surface area contributed by atoms with Gasteiger partial charge in [0.25, 0.3) is 0 Å². The van der Waals surface area contributed by atoms with Gasteiger partial charge in [-0.05, 0) is 125 Å². The molecular formula is C26H47NO. The summed E-state index contributed by atoms with van der Waals surface area (Å²) in [7, 11) is 4.39. The van der Waals surface area contributed by atoms with Crippen LogP contribution < -0.4 is 0 Å². The first kappa shape index (κ1) is 21.2. The summed E-state index contributed by atoms with van der Waals surface area (Å²) in [6.07, 6.45) is 18.2. The Bertz CT molecular complexity index is 533. The van der Waals surface area contributed by atoms with Crippen molar-refractivity contribution in [2.45, 2.75) is 103 Å². The van der Waals surface area contributed by atoms with E-state index in [9.17, 15) is 5.11 Å². The Kier molecular flexibility index (Phi) is 6.21. The molecule has 0 heterocycles. The fraction of sp³-hybridized carbons (Fsp3) is 1.00. The van der Waals surface area contributed by atoms with Gasteiger partial charge in [-0.25, -0.2) is 0 Å². The monoisotopic (exact) mass is 389 g/mol. The Labute approximate surface area is 174 Å². The second-order valence-corrected chi connectivity index (χ2v) is 12.1. The van der Waals surface area contributed by atoms with Crippen LogP contribution in [-0.4, -0.2) is 36.8 Å². The number of rotatable bonds is 6. The highest BCUT2D eigenvalue weighted by Crippen LogP contribution is 2.66. The second kappa shape index (κ2) is 8.22. The average Bonchev–Trinajstić information content (AvgIpc) is 2.96. The van der Waals surface area contributed by atoms with Crippen LogP contribution in [0.3, 0.4) is 0 Å². The molecule has 2 nitrogen and oxygen atoms in total. The van der Waals surface area contributed by atoms with Crippen LogP contribution in [0.1, 0.15) is 97.3 Å². The van der Waals surface area contributed by atoms with Crippen molar-refractivity contribution in [2.75, 3.05) is 20.6 Å². The van der Waals surface area contributed by atoms with Crippen molar-refractivity contribution in [1.29, 1.82) is 0 Å². The first-order valence-electron chi connectivity index (χ1n) is 12.7. The second-order valence-electron chi connectivity index (χ2n) is 12.1. The normalized spacial score (nSPS) is 48.2. The SMILES string of the molecule is CN(C)CCCCC[C@H]1CC[C@@]2(C)C(CCC3C2CC[C@@]2(C)C3CC[C@@H]2O)C1. The number of aliphatic hydroxyl groups excluding tert-OH is 1. The third-order valence-electron chi connectivity index (χ3n) is 10.4. The minimum Gasteiger partial charge on any atom is -0.393 e. The van der Waals surface area contributed by atoms with Gasteiger partial charge in [0.15, 0.2) is 0 Å². The third-order valence-corrected chi connectivity index (χ3v) is 10.4. The van der Waals surface area contributed by atoms with Gasteiger partial charge in [0.05, 0.1) is 6.10 Å². The van der Waals surface area contributed by atoms with Crippen molar-refractivity contribution in [2.24, 2.45) is 40.4 Å². The maximum atomic E-state index is 10.7. The quantitative estimate of drug-likeness (QED) is 0.552. The minimum absolute atomic E-state index is 0.0211. The lowest BCUT2D eigenvalue weighted by molar-refractivity contribution is -0.127. The van der Waals surface area contributed by atoms with E-state index in [1.54, 1.807) is 0 Å². The average molecular weight is 390 g/mol.